The van der Waals surface area contributed by atoms with Gasteiger partial charge in [-0.05, 0) is 43.7 Å². The summed E-state index contributed by atoms with van der Waals surface area (Å²) in [6, 6.07) is 6.27. The standard InChI is InChI=1S/C15H18FN3O/c16-13-3-5-14(6-4-13)19-10-12(8-17-19)9-18-7-1-2-15(20)11-18/h3-6,8,10,15,20H,1-2,7,9,11H2. The molecule has 1 aliphatic heterocycles. The third-order valence-electron chi connectivity index (χ3n) is 3.61. The third kappa shape index (κ3) is 3.05. The molecule has 4 nitrogen and oxygen atoms in total. The second-order valence-electron chi connectivity index (χ2n) is 5.30. The number of nitrogens with zero attached hydrogens (tertiary/aromatic N) is 3. The highest BCUT2D eigenvalue weighted by atomic mass is 19.1. The van der Waals surface area contributed by atoms with Crippen molar-refractivity contribution < 1.29 is 9.50 Å². The molecule has 3 rings (SSSR count). The average Bonchev–Trinajstić information content (AvgIpc) is 2.88. The second kappa shape index (κ2) is 5.73. The summed E-state index contributed by atoms with van der Waals surface area (Å²) in [4.78, 5) is 2.24. The van der Waals surface area contributed by atoms with Gasteiger partial charge in [-0.15, -0.1) is 0 Å². The number of hydrogen-bond acceptors (Lipinski definition) is 3. The summed E-state index contributed by atoms with van der Waals surface area (Å²) in [6.07, 6.45) is 5.49. The summed E-state index contributed by atoms with van der Waals surface area (Å²) in [5, 5.41) is 14.0. The molecule has 1 saturated heterocycles. The molecular weight excluding hydrogens is 257 g/mol. The van der Waals surface area contributed by atoms with Crippen LogP contribution in [0.3, 0.4) is 0 Å². The number of benzene rings is 1. The minimum atomic E-state index is -0.247. The van der Waals surface area contributed by atoms with E-state index in [0.29, 0.717) is 0 Å². The molecule has 2 heterocycles. The first-order valence-electron chi connectivity index (χ1n) is 6.90. The van der Waals surface area contributed by atoms with Gasteiger partial charge in [-0.25, -0.2) is 9.07 Å². The molecule has 5 heteroatoms. The Morgan fingerprint density at radius 1 is 1.30 bits per heavy atom. The van der Waals surface area contributed by atoms with Crippen LogP contribution in [-0.4, -0.2) is 39.0 Å². The third-order valence-corrected chi connectivity index (χ3v) is 3.61. The number of piperidine rings is 1. The van der Waals surface area contributed by atoms with E-state index in [-0.39, 0.29) is 11.9 Å². The van der Waals surface area contributed by atoms with Crippen LogP contribution < -0.4 is 0 Å². The molecule has 1 fully saturated rings. The molecule has 0 bridgehead atoms. The maximum atomic E-state index is 12.9. The van der Waals surface area contributed by atoms with Gasteiger partial charge in [0.05, 0.1) is 18.0 Å². The van der Waals surface area contributed by atoms with E-state index in [4.69, 9.17) is 0 Å². The van der Waals surface area contributed by atoms with Gasteiger partial charge in [-0.3, -0.25) is 4.90 Å². The zero-order chi connectivity index (χ0) is 13.9. The predicted octanol–water partition coefficient (Wildman–Crippen LogP) is 1.97. The van der Waals surface area contributed by atoms with Crippen molar-refractivity contribution in [3.05, 3.63) is 48.0 Å². The molecular formula is C15H18FN3O. The molecule has 1 N–H and O–H groups in total. The molecule has 0 saturated carbocycles. The molecule has 0 aliphatic carbocycles. The molecule has 2 aromatic rings. The maximum absolute atomic E-state index is 12.9. The lowest BCUT2D eigenvalue weighted by molar-refractivity contribution is 0.0668. The Morgan fingerprint density at radius 2 is 2.10 bits per heavy atom. The van der Waals surface area contributed by atoms with Crippen LogP contribution in [0.4, 0.5) is 4.39 Å². The summed E-state index contributed by atoms with van der Waals surface area (Å²) >= 11 is 0. The summed E-state index contributed by atoms with van der Waals surface area (Å²) in [5.74, 6) is -0.247. The van der Waals surface area contributed by atoms with Crippen LogP contribution in [0.5, 0.6) is 0 Å². The highest BCUT2D eigenvalue weighted by molar-refractivity contribution is 5.31. The van der Waals surface area contributed by atoms with Crippen molar-refractivity contribution in [1.82, 2.24) is 14.7 Å². The van der Waals surface area contributed by atoms with Crippen LogP contribution in [0.15, 0.2) is 36.7 Å². The Hall–Kier alpha value is -1.72. The molecule has 106 valence electrons. The molecule has 0 amide bonds. The Kier molecular flexibility index (Phi) is 3.80. The zero-order valence-electron chi connectivity index (χ0n) is 11.2. The monoisotopic (exact) mass is 275 g/mol. The first kappa shape index (κ1) is 13.3. The first-order valence-corrected chi connectivity index (χ1v) is 6.90. The van der Waals surface area contributed by atoms with E-state index in [1.54, 1.807) is 16.8 Å². The van der Waals surface area contributed by atoms with Crippen molar-refractivity contribution in [1.29, 1.82) is 0 Å². The van der Waals surface area contributed by atoms with Gasteiger partial charge in [0.25, 0.3) is 0 Å². The van der Waals surface area contributed by atoms with E-state index >= 15 is 0 Å². The van der Waals surface area contributed by atoms with Gasteiger partial charge in [0.2, 0.25) is 0 Å². The van der Waals surface area contributed by atoms with Crippen LogP contribution >= 0.6 is 0 Å². The topological polar surface area (TPSA) is 41.3 Å². The minimum absolute atomic E-state index is 0.212. The SMILES string of the molecule is OC1CCCN(Cc2cnn(-c3ccc(F)cc3)c2)C1. The number of likely N-dealkylation sites (tertiary alicyclic amines) is 1. The molecule has 0 spiro atoms. The van der Waals surface area contributed by atoms with Crippen LogP contribution in [0.1, 0.15) is 18.4 Å². The fourth-order valence-electron chi connectivity index (χ4n) is 2.61. The largest absolute Gasteiger partial charge is 0.392 e. The number of halogens is 1. The van der Waals surface area contributed by atoms with E-state index < -0.39 is 0 Å². The van der Waals surface area contributed by atoms with Gasteiger partial charge in [-0.2, -0.15) is 5.10 Å². The quantitative estimate of drug-likeness (QED) is 0.931. The predicted molar refractivity (Wildman–Crippen MR) is 74.0 cm³/mol. The van der Waals surface area contributed by atoms with Crippen molar-refractivity contribution in [2.45, 2.75) is 25.5 Å². The molecule has 1 aromatic carbocycles. The van der Waals surface area contributed by atoms with Gasteiger partial charge in [-0.1, -0.05) is 0 Å². The zero-order valence-corrected chi connectivity index (χ0v) is 11.2. The first-order chi connectivity index (χ1) is 9.70. The fraction of sp³-hybridized carbons (Fsp3) is 0.400. The Balaban J connectivity index is 1.69. The lowest BCUT2D eigenvalue weighted by Gasteiger charge is -2.29. The highest BCUT2D eigenvalue weighted by Crippen LogP contribution is 2.15. The van der Waals surface area contributed by atoms with Gasteiger partial charge in [0.1, 0.15) is 5.82 Å². The van der Waals surface area contributed by atoms with Crippen LogP contribution in [-0.2, 0) is 6.54 Å². The van der Waals surface area contributed by atoms with Crippen LogP contribution in [0.25, 0.3) is 5.69 Å². The number of aliphatic hydroxyl groups is 1. The number of hydrogen-bond donors (Lipinski definition) is 1. The number of aliphatic hydroxyl groups excluding tert-OH is 1. The molecule has 1 aromatic heterocycles. The number of aromatic nitrogens is 2. The second-order valence-corrected chi connectivity index (χ2v) is 5.30. The van der Waals surface area contributed by atoms with E-state index in [2.05, 4.69) is 10.00 Å². The number of β-amino-alcohol motifs (C(OH)–C–C–N with tert-alkyl or cyclic N) is 1. The van der Waals surface area contributed by atoms with E-state index in [1.807, 2.05) is 12.4 Å². The molecule has 20 heavy (non-hydrogen) atoms. The van der Waals surface area contributed by atoms with E-state index in [1.165, 1.54) is 12.1 Å². The van der Waals surface area contributed by atoms with Gasteiger partial charge < -0.3 is 5.11 Å². The molecule has 1 unspecified atom stereocenters. The molecule has 1 atom stereocenters. The smallest absolute Gasteiger partial charge is 0.123 e. The van der Waals surface area contributed by atoms with Crippen molar-refractivity contribution in [2.24, 2.45) is 0 Å². The van der Waals surface area contributed by atoms with Crippen molar-refractivity contribution in [3.8, 4) is 5.69 Å². The Bertz CT molecular complexity index is 567. The summed E-state index contributed by atoms with van der Waals surface area (Å²) in [5.41, 5.74) is 1.94. The average molecular weight is 275 g/mol. The lowest BCUT2D eigenvalue weighted by Crippen LogP contribution is -2.37. The maximum Gasteiger partial charge on any atom is 0.123 e. The van der Waals surface area contributed by atoms with Crippen molar-refractivity contribution in [2.75, 3.05) is 13.1 Å². The van der Waals surface area contributed by atoms with Crippen molar-refractivity contribution >= 4 is 0 Å². The summed E-state index contributed by atoms with van der Waals surface area (Å²) < 4.78 is 14.6. The van der Waals surface area contributed by atoms with Crippen LogP contribution in [0, 0.1) is 5.82 Å². The Morgan fingerprint density at radius 3 is 2.85 bits per heavy atom. The minimum Gasteiger partial charge on any atom is -0.392 e. The molecule has 1 aliphatic rings. The normalized spacial score (nSPS) is 20.2. The van der Waals surface area contributed by atoms with Gasteiger partial charge in [0, 0.05) is 24.8 Å². The summed E-state index contributed by atoms with van der Waals surface area (Å²) in [6.45, 7) is 2.53. The van der Waals surface area contributed by atoms with E-state index in [0.717, 1.165) is 43.7 Å². The van der Waals surface area contributed by atoms with Crippen molar-refractivity contribution in [3.63, 3.8) is 0 Å². The number of rotatable bonds is 3. The van der Waals surface area contributed by atoms with Gasteiger partial charge in [0.15, 0.2) is 0 Å². The summed E-state index contributed by atoms with van der Waals surface area (Å²) in [7, 11) is 0. The molecule has 0 radical (unpaired) electrons. The van der Waals surface area contributed by atoms with Gasteiger partial charge >= 0.3 is 0 Å². The van der Waals surface area contributed by atoms with Crippen LogP contribution in [0.2, 0.25) is 0 Å². The Labute approximate surface area is 117 Å². The fourth-order valence-corrected chi connectivity index (χ4v) is 2.61. The van der Waals surface area contributed by atoms with E-state index in [9.17, 15) is 9.50 Å². The highest BCUT2D eigenvalue weighted by Gasteiger charge is 2.18. The lowest BCUT2D eigenvalue weighted by atomic mass is 10.1.